The second-order valence-corrected chi connectivity index (χ2v) is 5.03. The van der Waals surface area contributed by atoms with Gasteiger partial charge in [-0.1, -0.05) is 33.4 Å². The minimum atomic E-state index is -1.27. The van der Waals surface area contributed by atoms with Crippen LogP contribution in [0.25, 0.3) is 0 Å². The number of hydrogen-bond acceptors (Lipinski definition) is 5. The van der Waals surface area contributed by atoms with Crippen molar-refractivity contribution in [2.75, 3.05) is 11.9 Å². The fourth-order valence-corrected chi connectivity index (χ4v) is 1.27. The van der Waals surface area contributed by atoms with Crippen LogP contribution in [0, 0.1) is 0 Å². The van der Waals surface area contributed by atoms with Crippen molar-refractivity contribution < 1.29 is 19.4 Å². The van der Waals surface area contributed by atoms with Crippen molar-refractivity contribution in [3.05, 3.63) is 30.2 Å². The van der Waals surface area contributed by atoms with Crippen molar-refractivity contribution in [3.8, 4) is 0 Å². The number of ether oxygens (including phenoxy) is 1. The number of anilines is 1. The molecule has 7 heteroatoms. The van der Waals surface area contributed by atoms with Crippen molar-refractivity contribution in [2.24, 2.45) is 0 Å². The van der Waals surface area contributed by atoms with Crippen molar-refractivity contribution >= 4 is 17.9 Å². The van der Waals surface area contributed by atoms with E-state index >= 15 is 0 Å². The maximum Gasteiger partial charge on any atom is 0.413 e. The number of aromatic nitrogens is 2. The molecule has 0 saturated carbocycles. The highest BCUT2D eigenvalue weighted by Crippen LogP contribution is 2.22. The molecule has 1 heterocycles. The molecule has 0 aliphatic carbocycles. The first-order chi connectivity index (χ1) is 9.24. The quantitative estimate of drug-likeness (QED) is 0.819. The number of amides is 1. The van der Waals surface area contributed by atoms with Crippen LogP contribution in [0.4, 0.5) is 10.6 Å². The second-order valence-electron chi connectivity index (χ2n) is 5.03. The summed E-state index contributed by atoms with van der Waals surface area (Å²) in [4.78, 5) is 30.1. The van der Waals surface area contributed by atoms with Crippen molar-refractivity contribution in [3.63, 3.8) is 0 Å². The number of carbonyl (C=O) groups is 2. The molecule has 7 nitrogen and oxygen atoms in total. The summed E-state index contributed by atoms with van der Waals surface area (Å²) in [5.74, 6) is -1.56. The molecular formula is C13H17N3O4. The summed E-state index contributed by atoms with van der Waals surface area (Å²) in [6, 6.07) is 1.52. The van der Waals surface area contributed by atoms with E-state index in [1.807, 2.05) is 20.8 Å². The lowest BCUT2D eigenvalue weighted by Gasteiger charge is -2.18. The summed E-state index contributed by atoms with van der Waals surface area (Å²) in [5, 5.41) is 11.4. The number of aromatic carboxylic acids is 1. The van der Waals surface area contributed by atoms with E-state index in [2.05, 4.69) is 21.9 Å². The molecule has 108 valence electrons. The van der Waals surface area contributed by atoms with Crippen LogP contribution in [0.3, 0.4) is 0 Å². The Morgan fingerprint density at radius 2 is 2.10 bits per heavy atom. The number of hydrogen-bond donors (Lipinski definition) is 2. The number of nitrogens with zero attached hydrogens (tertiary/aromatic N) is 2. The molecule has 0 unspecified atom stereocenters. The van der Waals surface area contributed by atoms with Crippen LogP contribution in [0.2, 0.25) is 0 Å². The van der Waals surface area contributed by atoms with Crippen LogP contribution in [-0.4, -0.2) is 33.7 Å². The molecule has 0 bridgehead atoms. The van der Waals surface area contributed by atoms with Crippen molar-refractivity contribution in [2.45, 2.75) is 26.2 Å². The highest BCUT2D eigenvalue weighted by Gasteiger charge is 2.21. The van der Waals surface area contributed by atoms with Gasteiger partial charge in [0, 0.05) is 11.5 Å². The molecule has 1 aromatic heterocycles. The van der Waals surface area contributed by atoms with Crippen LogP contribution in [0.1, 0.15) is 37.1 Å². The van der Waals surface area contributed by atoms with Gasteiger partial charge in [-0.2, -0.15) is 0 Å². The topological polar surface area (TPSA) is 101 Å². The van der Waals surface area contributed by atoms with Gasteiger partial charge >= 0.3 is 12.1 Å². The van der Waals surface area contributed by atoms with E-state index in [-0.39, 0.29) is 23.7 Å². The van der Waals surface area contributed by atoms with Gasteiger partial charge in [-0.05, 0) is 0 Å². The second kappa shape index (κ2) is 6.14. The van der Waals surface area contributed by atoms with Crippen LogP contribution in [0.5, 0.6) is 0 Å². The summed E-state index contributed by atoms with van der Waals surface area (Å²) >= 11 is 0. The number of carboxylic acid groups (broad SMARTS) is 1. The van der Waals surface area contributed by atoms with Gasteiger partial charge < -0.3 is 9.84 Å². The summed E-state index contributed by atoms with van der Waals surface area (Å²) in [7, 11) is 0. The SMILES string of the molecule is C=CCOC(=O)Nc1cc(C(C)(C)C)nc(C(=O)O)n1. The monoisotopic (exact) mass is 279 g/mol. The number of nitrogens with one attached hydrogen (secondary N) is 1. The molecule has 0 aliphatic rings. The van der Waals surface area contributed by atoms with Gasteiger partial charge in [0.2, 0.25) is 5.82 Å². The van der Waals surface area contributed by atoms with Crippen LogP contribution >= 0.6 is 0 Å². The highest BCUT2D eigenvalue weighted by atomic mass is 16.5. The van der Waals surface area contributed by atoms with Crippen LogP contribution < -0.4 is 5.32 Å². The zero-order valence-corrected chi connectivity index (χ0v) is 11.6. The Kier molecular flexibility index (Phi) is 4.79. The van der Waals surface area contributed by atoms with Gasteiger partial charge in [-0.3, -0.25) is 5.32 Å². The van der Waals surface area contributed by atoms with Gasteiger partial charge in [0.1, 0.15) is 12.4 Å². The summed E-state index contributed by atoms with van der Waals surface area (Å²) in [6.45, 7) is 9.09. The summed E-state index contributed by atoms with van der Waals surface area (Å²) < 4.78 is 4.75. The first-order valence-corrected chi connectivity index (χ1v) is 5.91. The third-order valence-electron chi connectivity index (χ3n) is 2.25. The fraction of sp³-hybridized carbons (Fsp3) is 0.385. The zero-order valence-electron chi connectivity index (χ0n) is 11.6. The lowest BCUT2D eigenvalue weighted by Crippen LogP contribution is -2.21. The van der Waals surface area contributed by atoms with Crippen LogP contribution in [0.15, 0.2) is 18.7 Å². The summed E-state index contributed by atoms with van der Waals surface area (Å²) in [5.41, 5.74) is 0.123. The molecule has 0 saturated heterocycles. The van der Waals surface area contributed by atoms with E-state index in [1.165, 1.54) is 12.1 Å². The van der Waals surface area contributed by atoms with Gasteiger partial charge in [0.15, 0.2) is 0 Å². The maximum atomic E-state index is 11.4. The first kappa shape index (κ1) is 15.6. The fourth-order valence-electron chi connectivity index (χ4n) is 1.27. The maximum absolute atomic E-state index is 11.4. The average molecular weight is 279 g/mol. The van der Waals surface area contributed by atoms with Gasteiger partial charge in [-0.15, -0.1) is 0 Å². The smallest absolute Gasteiger partial charge is 0.413 e. The zero-order chi connectivity index (χ0) is 15.3. The first-order valence-electron chi connectivity index (χ1n) is 5.91. The molecule has 20 heavy (non-hydrogen) atoms. The number of carboxylic acids is 1. The average Bonchev–Trinajstić information content (AvgIpc) is 2.34. The van der Waals surface area contributed by atoms with Gasteiger partial charge in [-0.25, -0.2) is 19.6 Å². The third kappa shape index (κ3) is 4.34. The van der Waals surface area contributed by atoms with Crippen molar-refractivity contribution in [1.29, 1.82) is 0 Å². The number of rotatable bonds is 4. The lowest BCUT2D eigenvalue weighted by molar-refractivity contribution is 0.0683. The third-order valence-corrected chi connectivity index (χ3v) is 2.25. The molecule has 0 spiro atoms. The Morgan fingerprint density at radius 3 is 2.60 bits per heavy atom. The summed E-state index contributed by atoms with van der Waals surface area (Å²) in [6.07, 6.45) is 0.683. The van der Waals surface area contributed by atoms with E-state index < -0.39 is 12.1 Å². The Labute approximate surface area is 116 Å². The largest absolute Gasteiger partial charge is 0.475 e. The number of carbonyl (C=O) groups excluding carboxylic acids is 1. The van der Waals surface area contributed by atoms with E-state index in [9.17, 15) is 9.59 Å². The molecule has 0 fully saturated rings. The Bertz CT molecular complexity index is 535. The van der Waals surface area contributed by atoms with Crippen molar-refractivity contribution in [1.82, 2.24) is 9.97 Å². The Hall–Kier alpha value is -2.44. The lowest BCUT2D eigenvalue weighted by atomic mass is 9.92. The highest BCUT2D eigenvalue weighted by molar-refractivity contribution is 5.86. The van der Waals surface area contributed by atoms with E-state index in [0.717, 1.165) is 0 Å². The molecule has 0 radical (unpaired) electrons. The molecule has 1 aromatic rings. The predicted octanol–water partition coefficient (Wildman–Crippen LogP) is 2.21. The van der Waals surface area contributed by atoms with E-state index in [4.69, 9.17) is 9.84 Å². The predicted molar refractivity (Wildman–Crippen MR) is 72.9 cm³/mol. The molecule has 2 N–H and O–H groups in total. The minimum Gasteiger partial charge on any atom is -0.475 e. The van der Waals surface area contributed by atoms with E-state index in [0.29, 0.717) is 5.69 Å². The normalized spacial score (nSPS) is 10.8. The van der Waals surface area contributed by atoms with E-state index in [1.54, 1.807) is 0 Å². The van der Waals surface area contributed by atoms with Crippen LogP contribution in [-0.2, 0) is 10.2 Å². The molecular weight excluding hydrogens is 262 g/mol. The van der Waals surface area contributed by atoms with Gasteiger partial charge in [0.25, 0.3) is 0 Å². The molecule has 1 rings (SSSR count). The minimum absolute atomic E-state index is 0.0504. The van der Waals surface area contributed by atoms with Gasteiger partial charge in [0.05, 0.1) is 5.69 Å². The molecule has 1 amide bonds. The Balaban J connectivity index is 3.06. The molecule has 0 aromatic carbocycles. The molecule has 0 atom stereocenters. The Morgan fingerprint density at radius 1 is 1.45 bits per heavy atom. The standard InChI is InChI=1S/C13H17N3O4/c1-5-6-20-12(19)16-9-7-8(13(2,3)4)14-10(15-9)11(17)18/h5,7H,1,6H2,2-4H3,(H,17,18)(H,14,15,16,19). The molecule has 0 aliphatic heterocycles.